The molecule has 1 unspecified atom stereocenters. The lowest BCUT2D eigenvalue weighted by Gasteiger charge is -2.19. The Hall–Kier alpha value is -4.02. The summed E-state index contributed by atoms with van der Waals surface area (Å²) in [4.78, 5) is 28.1. The molecule has 2 amide bonds. The Kier molecular flexibility index (Phi) is 7.00. The van der Waals surface area contributed by atoms with Gasteiger partial charge in [-0.3, -0.25) is 14.5 Å². The summed E-state index contributed by atoms with van der Waals surface area (Å²) >= 11 is 1.24. The van der Waals surface area contributed by atoms with Gasteiger partial charge < -0.3 is 10.1 Å². The minimum atomic E-state index is -0.553. The van der Waals surface area contributed by atoms with Crippen molar-refractivity contribution in [1.29, 1.82) is 5.26 Å². The Balaban J connectivity index is 1.73. The number of amides is 2. The number of ether oxygens (including phenoxy) is 1. The van der Waals surface area contributed by atoms with Crippen molar-refractivity contribution < 1.29 is 14.3 Å². The van der Waals surface area contributed by atoms with Gasteiger partial charge in [-0.25, -0.2) is 0 Å². The third-order valence-corrected chi connectivity index (χ3v) is 6.64. The lowest BCUT2D eigenvalue weighted by Crippen LogP contribution is -2.30. The number of methoxy groups -OCH3 is 1. The van der Waals surface area contributed by atoms with Crippen LogP contribution in [0.15, 0.2) is 89.5 Å². The lowest BCUT2D eigenvalue weighted by molar-refractivity contribution is -0.117. The summed E-state index contributed by atoms with van der Waals surface area (Å²) in [7, 11) is 1.57. The van der Waals surface area contributed by atoms with Gasteiger partial charge in [-0.1, -0.05) is 54.2 Å². The molecule has 0 radical (unpaired) electrons. The molecule has 0 aromatic heterocycles. The van der Waals surface area contributed by atoms with Crippen molar-refractivity contribution in [3.63, 3.8) is 0 Å². The fraction of sp³-hybridized carbons (Fsp3) is 0.148. The van der Waals surface area contributed by atoms with Crippen LogP contribution in [0.1, 0.15) is 11.1 Å². The number of hydrogen-bond acceptors (Lipinski definition) is 5. The highest BCUT2D eigenvalue weighted by molar-refractivity contribution is 8.05. The molecule has 1 aliphatic heterocycles. The number of aryl methyl sites for hydroxylation is 1. The van der Waals surface area contributed by atoms with Gasteiger partial charge >= 0.3 is 0 Å². The smallest absolute Gasteiger partial charge is 0.269 e. The summed E-state index contributed by atoms with van der Waals surface area (Å²) in [6.07, 6.45) is 0.485. The molecule has 170 valence electrons. The van der Waals surface area contributed by atoms with Crippen molar-refractivity contribution in [2.75, 3.05) is 17.3 Å². The average Bonchev–Trinajstić information content (AvgIpc) is 3.15. The van der Waals surface area contributed by atoms with Crippen LogP contribution in [0.3, 0.4) is 0 Å². The van der Waals surface area contributed by atoms with E-state index in [4.69, 9.17) is 4.74 Å². The fourth-order valence-corrected chi connectivity index (χ4v) is 5.01. The first-order valence-electron chi connectivity index (χ1n) is 10.7. The van der Waals surface area contributed by atoms with Crippen LogP contribution in [0.4, 0.5) is 11.4 Å². The Morgan fingerprint density at radius 1 is 1.09 bits per heavy atom. The predicted molar refractivity (Wildman–Crippen MR) is 134 cm³/mol. The lowest BCUT2D eigenvalue weighted by atomic mass is 10.1. The van der Waals surface area contributed by atoms with E-state index in [1.54, 1.807) is 37.4 Å². The Morgan fingerprint density at radius 3 is 2.47 bits per heavy atom. The molecular formula is C27H23N3O3S. The highest BCUT2D eigenvalue weighted by Crippen LogP contribution is 2.42. The minimum absolute atomic E-state index is 0.105. The molecule has 0 bridgehead atoms. The van der Waals surface area contributed by atoms with E-state index in [-0.39, 0.29) is 11.5 Å². The van der Waals surface area contributed by atoms with E-state index in [1.165, 1.54) is 16.7 Å². The largest absolute Gasteiger partial charge is 0.497 e. The van der Waals surface area contributed by atoms with E-state index in [2.05, 4.69) is 5.32 Å². The molecule has 1 aliphatic rings. The standard InChI is InChI=1S/C27H23N3O3S/c1-18-7-6-10-20(15-18)29-25(31)23(17-28)27-30(21-11-13-22(33-2)14-12-21)26(32)24(34-27)16-19-8-4-3-5-9-19/h3-15,24H,16H2,1-2H3,(H,29,31)/b27-23-. The average molecular weight is 470 g/mol. The monoisotopic (exact) mass is 469 g/mol. The Bertz CT molecular complexity index is 1280. The SMILES string of the molecule is COc1ccc(N2C(=O)C(Cc3ccccc3)S/C2=C(/C#N)C(=O)Nc2cccc(C)c2)cc1. The van der Waals surface area contributed by atoms with Gasteiger partial charge in [-0.05, 0) is 60.9 Å². The van der Waals surface area contributed by atoms with Gasteiger partial charge in [0.05, 0.1) is 12.4 Å². The maximum absolute atomic E-state index is 13.5. The van der Waals surface area contributed by atoms with Crippen LogP contribution in [0, 0.1) is 18.3 Å². The minimum Gasteiger partial charge on any atom is -0.497 e. The molecule has 1 fully saturated rings. The number of nitriles is 1. The van der Waals surface area contributed by atoms with Crippen molar-refractivity contribution in [2.24, 2.45) is 0 Å². The summed E-state index contributed by atoms with van der Waals surface area (Å²) in [5.41, 5.74) is 3.04. The first-order chi connectivity index (χ1) is 16.5. The topological polar surface area (TPSA) is 82.4 Å². The first kappa shape index (κ1) is 23.1. The predicted octanol–water partition coefficient (Wildman–Crippen LogP) is 5.07. The van der Waals surface area contributed by atoms with Crippen LogP contribution in [0.2, 0.25) is 0 Å². The molecule has 0 spiro atoms. The summed E-state index contributed by atoms with van der Waals surface area (Å²) < 4.78 is 5.23. The van der Waals surface area contributed by atoms with Gasteiger partial charge in [0.2, 0.25) is 5.91 Å². The number of carbonyl (C=O) groups excluding carboxylic acids is 2. The van der Waals surface area contributed by atoms with E-state index in [9.17, 15) is 14.9 Å². The number of thioether (sulfide) groups is 1. The summed E-state index contributed by atoms with van der Waals surface area (Å²) in [6.45, 7) is 1.92. The van der Waals surface area contributed by atoms with Gasteiger partial charge in [0.25, 0.3) is 5.91 Å². The molecule has 34 heavy (non-hydrogen) atoms. The van der Waals surface area contributed by atoms with E-state index in [0.29, 0.717) is 28.6 Å². The Labute approximate surface area is 202 Å². The second kappa shape index (κ2) is 10.3. The maximum atomic E-state index is 13.5. The van der Waals surface area contributed by atoms with E-state index >= 15 is 0 Å². The van der Waals surface area contributed by atoms with E-state index < -0.39 is 11.2 Å². The van der Waals surface area contributed by atoms with Crippen molar-refractivity contribution >= 4 is 35.0 Å². The number of carbonyl (C=O) groups is 2. The number of rotatable bonds is 6. The fourth-order valence-electron chi connectivity index (χ4n) is 3.70. The van der Waals surface area contributed by atoms with Crippen LogP contribution >= 0.6 is 11.8 Å². The number of hydrogen-bond donors (Lipinski definition) is 1. The maximum Gasteiger partial charge on any atom is 0.269 e. The highest BCUT2D eigenvalue weighted by atomic mass is 32.2. The number of benzene rings is 3. The molecule has 0 aliphatic carbocycles. The number of anilines is 2. The zero-order valence-corrected chi connectivity index (χ0v) is 19.6. The summed E-state index contributed by atoms with van der Waals surface area (Å²) in [5, 5.41) is 12.6. The van der Waals surface area contributed by atoms with Gasteiger partial charge in [-0.15, -0.1) is 0 Å². The molecular weight excluding hydrogens is 446 g/mol. The number of nitrogens with zero attached hydrogens (tertiary/aromatic N) is 2. The molecule has 1 atom stereocenters. The van der Waals surface area contributed by atoms with Crippen molar-refractivity contribution in [3.8, 4) is 11.8 Å². The zero-order chi connectivity index (χ0) is 24.1. The molecule has 3 aromatic carbocycles. The van der Waals surface area contributed by atoms with Crippen LogP contribution in [-0.4, -0.2) is 24.2 Å². The third kappa shape index (κ3) is 4.98. The first-order valence-corrected chi connectivity index (χ1v) is 11.6. The zero-order valence-electron chi connectivity index (χ0n) is 18.8. The third-order valence-electron chi connectivity index (χ3n) is 5.38. The van der Waals surface area contributed by atoms with Crippen LogP contribution in [0.25, 0.3) is 0 Å². The second-order valence-corrected chi connectivity index (χ2v) is 8.97. The van der Waals surface area contributed by atoms with Crippen molar-refractivity contribution in [3.05, 3.63) is 101 Å². The molecule has 1 saturated heterocycles. The number of nitrogens with one attached hydrogen (secondary N) is 1. The highest BCUT2D eigenvalue weighted by Gasteiger charge is 2.40. The van der Waals surface area contributed by atoms with Gasteiger partial charge in [-0.2, -0.15) is 5.26 Å². The summed E-state index contributed by atoms with van der Waals surface area (Å²) in [6, 6.07) is 26.0. The second-order valence-electron chi connectivity index (χ2n) is 7.78. The molecule has 3 aromatic rings. The van der Waals surface area contributed by atoms with Crippen LogP contribution in [0.5, 0.6) is 5.75 Å². The van der Waals surface area contributed by atoms with Gasteiger partial charge in [0.1, 0.15) is 22.4 Å². The quantitative estimate of drug-likeness (QED) is 0.403. The molecule has 6 nitrogen and oxygen atoms in total. The summed E-state index contributed by atoms with van der Waals surface area (Å²) in [5.74, 6) is -0.0838. The molecule has 7 heteroatoms. The molecule has 4 rings (SSSR count). The van der Waals surface area contributed by atoms with Gasteiger partial charge in [0, 0.05) is 11.4 Å². The van der Waals surface area contributed by atoms with Crippen molar-refractivity contribution in [1.82, 2.24) is 0 Å². The van der Waals surface area contributed by atoms with Crippen molar-refractivity contribution in [2.45, 2.75) is 18.6 Å². The van der Waals surface area contributed by atoms with E-state index in [0.717, 1.165) is 11.1 Å². The molecule has 0 saturated carbocycles. The Morgan fingerprint density at radius 2 is 1.82 bits per heavy atom. The molecule has 1 N–H and O–H groups in total. The normalized spacial score (nSPS) is 16.7. The van der Waals surface area contributed by atoms with Gasteiger partial charge in [0.15, 0.2) is 0 Å². The molecule has 1 heterocycles. The van der Waals surface area contributed by atoms with Crippen LogP contribution < -0.4 is 15.0 Å². The van der Waals surface area contributed by atoms with Crippen LogP contribution in [-0.2, 0) is 16.0 Å². The van der Waals surface area contributed by atoms with E-state index in [1.807, 2.05) is 61.5 Å².